The zero-order chi connectivity index (χ0) is 16.8. The van der Waals surface area contributed by atoms with Crippen molar-refractivity contribution < 1.29 is 14.7 Å². The van der Waals surface area contributed by atoms with Gasteiger partial charge in [-0.15, -0.1) is 23.5 Å². The minimum absolute atomic E-state index is 0.0222. The van der Waals surface area contributed by atoms with Gasteiger partial charge in [-0.2, -0.15) is 0 Å². The van der Waals surface area contributed by atoms with Crippen LogP contribution >= 0.6 is 23.5 Å². The predicted molar refractivity (Wildman–Crippen MR) is 97.1 cm³/mol. The zero-order valence-corrected chi connectivity index (χ0v) is 15.2. The number of carboxylic acid groups (broad SMARTS) is 1. The van der Waals surface area contributed by atoms with Crippen LogP contribution < -0.4 is 0 Å². The molecule has 0 aromatic heterocycles. The highest BCUT2D eigenvalue weighted by atomic mass is 32.2. The van der Waals surface area contributed by atoms with Crippen LogP contribution in [-0.2, 0) is 4.79 Å². The van der Waals surface area contributed by atoms with Crippen LogP contribution in [0.1, 0.15) is 47.2 Å². The molecule has 0 unspecified atom stereocenters. The van der Waals surface area contributed by atoms with E-state index in [0.29, 0.717) is 10.1 Å². The molecule has 1 aromatic carbocycles. The number of amides is 1. The molecule has 1 aromatic rings. The number of hydrogen-bond acceptors (Lipinski definition) is 4. The summed E-state index contributed by atoms with van der Waals surface area (Å²) in [5.41, 5.74) is 1.87. The SMILES string of the molecule is CC(C)N(CCC(=O)O)C(=O)c1ccc(C2SCCCS2)cc1. The predicted octanol–water partition coefficient (Wildman–Crippen LogP) is 3.88. The fraction of sp³-hybridized carbons (Fsp3) is 0.529. The first kappa shape index (κ1) is 18.2. The Morgan fingerprint density at radius 2 is 1.83 bits per heavy atom. The van der Waals surface area contributed by atoms with Gasteiger partial charge in [-0.1, -0.05) is 12.1 Å². The van der Waals surface area contributed by atoms with Crippen molar-refractivity contribution in [3.63, 3.8) is 0 Å². The molecule has 4 nitrogen and oxygen atoms in total. The van der Waals surface area contributed by atoms with Crippen LogP contribution in [0.3, 0.4) is 0 Å². The van der Waals surface area contributed by atoms with Gasteiger partial charge in [0.1, 0.15) is 0 Å². The summed E-state index contributed by atoms with van der Waals surface area (Å²) in [6.07, 6.45) is 1.23. The van der Waals surface area contributed by atoms with Crippen molar-refractivity contribution in [3.8, 4) is 0 Å². The zero-order valence-electron chi connectivity index (χ0n) is 13.5. The Balaban J connectivity index is 2.06. The molecule has 0 radical (unpaired) electrons. The normalized spacial score (nSPS) is 15.6. The van der Waals surface area contributed by atoms with Gasteiger partial charge in [0, 0.05) is 18.2 Å². The van der Waals surface area contributed by atoms with Crippen molar-refractivity contribution in [1.82, 2.24) is 4.90 Å². The van der Waals surface area contributed by atoms with Crippen LogP contribution in [0, 0.1) is 0 Å². The third-order valence-electron chi connectivity index (χ3n) is 3.71. The highest BCUT2D eigenvalue weighted by molar-refractivity contribution is 8.16. The summed E-state index contributed by atoms with van der Waals surface area (Å²) in [4.78, 5) is 25.0. The van der Waals surface area contributed by atoms with Crippen LogP contribution in [-0.4, -0.2) is 46.0 Å². The summed E-state index contributed by atoms with van der Waals surface area (Å²) < 4.78 is 0.459. The number of carbonyl (C=O) groups excluding carboxylic acids is 1. The number of hydrogen-bond donors (Lipinski definition) is 1. The monoisotopic (exact) mass is 353 g/mol. The van der Waals surface area contributed by atoms with Crippen molar-refractivity contribution in [2.75, 3.05) is 18.1 Å². The Hall–Kier alpha value is -1.14. The first-order valence-corrected chi connectivity index (χ1v) is 9.94. The van der Waals surface area contributed by atoms with E-state index in [9.17, 15) is 9.59 Å². The summed E-state index contributed by atoms with van der Waals surface area (Å²) in [5.74, 6) is 1.39. The lowest BCUT2D eigenvalue weighted by Gasteiger charge is -2.26. The number of thioether (sulfide) groups is 2. The maximum atomic E-state index is 12.6. The molecule has 1 heterocycles. The lowest BCUT2D eigenvalue weighted by Crippen LogP contribution is -2.38. The first-order valence-electron chi connectivity index (χ1n) is 7.85. The minimum atomic E-state index is -0.884. The Kier molecular flexibility index (Phi) is 6.84. The van der Waals surface area contributed by atoms with Crippen molar-refractivity contribution in [2.45, 2.75) is 37.3 Å². The molecular formula is C17H23NO3S2. The molecule has 0 spiro atoms. The maximum Gasteiger partial charge on any atom is 0.305 e. The topological polar surface area (TPSA) is 57.6 Å². The molecule has 0 bridgehead atoms. The number of carboxylic acids is 1. The number of benzene rings is 1. The van der Waals surface area contributed by atoms with Gasteiger partial charge in [-0.25, -0.2) is 0 Å². The number of rotatable bonds is 6. The highest BCUT2D eigenvalue weighted by Gasteiger charge is 2.21. The number of aliphatic carboxylic acids is 1. The summed E-state index contributed by atoms with van der Waals surface area (Å²) >= 11 is 3.91. The fourth-order valence-electron chi connectivity index (χ4n) is 2.44. The van der Waals surface area contributed by atoms with E-state index in [1.807, 2.05) is 61.6 Å². The van der Waals surface area contributed by atoms with Crippen molar-refractivity contribution in [2.24, 2.45) is 0 Å². The second-order valence-electron chi connectivity index (χ2n) is 5.79. The maximum absolute atomic E-state index is 12.6. The summed E-state index contributed by atoms with van der Waals surface area (Å²) in [6.45, 7) is 4.05. The van der Waals surface area contributed by atoms with E-state index in [2.05, 4.69) is 0 Å². The molecule has 1 amide bonds. The first-order chi connectivity index (χ1) is 11.0. The highest BCUT2D eigenvalue weighted by Crippen LogP contribution is 2.43. The van der Waals surface area contributed by atoms with Crippen LogP contribution in [0.5, 0.6) is 0 Å². The lowest BCUT2D eigenvalue weighted by atomic mass is 10.1. The summed E-state index contributed by atoms with van der Waals surface area (Å²) in [7, 11) is 0. The Bertz CT molecular complexity index is 539. The Morgan fingerprint density at radius 3 is 2.35 bits per heavy atom. The van der Waals surface area contributed by atoms with Crippen molar-refractivity contribution in [3.05, 3.63) is 35.4 Å². The molecule has 6 heteroatoms. The second kappa shape index (κ2) is 8.64. The van der Waals surface area contributed by atoms with Crippen LogP contribution in [0.15, 0.2) is 24.3 Å². The van der Waals surface area contributed by atoms with Crippen LogP contribution in [0.4, 0.5) is 0 Å². The molecule has 0 saturated carbocycles. The largest absolute Gasteiger partial charge is 0.481 e. The molecule has 1 aliphatic heterocycles. The molecule has 0 aliphatic carbocycles. The molecule has 126 valence electrons. The van der Waals surface area contributed by atoms with E-state index >= 15 is 0 Å². The fourth-order valence-corrected chi connectivity index (χ4v) is 5.33. The second-order valence-corrected chi connectivity index (χ2v) is 8.51. The third-order valence-corrected chi connectivity index (χ3v) is 6.72. The van der Waals surface area contributed by atoms with Crippen molar-refractivity contribution in [1.29, 1.82) is 0 Å². The van der Waals surface area contributed by atoms with E-state index in [1.54, 1.807) is 4.90 Å². The molecule has 0 atom stereocenters. The van der Waals surface area contributed by atoms with Gasteiger partial charge in [0.05, 0.1) is 11.0 Å². The lowest BCUT2D eigenvalue weighted by molar-refractivity contribution is -0.137. The molecule has 2 rings (SSSR count). The molecule has 1 aliphatic rings. The molecule has 1 fully saturated rings. The van der Waals surface area contributed by atoms with Crippen LogP contribution in [0.2, 0.25) is 0 Å². The van der Waals surface area contributed by atoms with Crippen LogP contribution in [0.25, 0.3) is 0 Å². The molecule has 1 saturated heterocycles. The Labute approximate surface area is 146 Å². The smallest absolute Gasteiger partial charge is 0.305 e. The van der Waals surface area contributed by atoms with E-state index < -0.39 is 5.97 Å². The quantitative estimate of drug-likeness (QED) is 0.841. The van der Waals surface area contributed by atoms with Gasteiger partial charge in [0.2, 0.25) is 0 Å². The van der Waals surface area contributed by atoms with E-state index in [0.717, 1.165) is 0 Å². The standard InChI is InChI=1S/C17H23NO3S2/c1-12(2)18(9-8-15(19)20)16(21)13-4-6-14(7-5-13)17-22-10-3-11-23-17/h4-7,12,17H,3,8-11H2,1-2H3,(H,19,20). The molecule has 1 N–H and O–H groups in total. The summed E-state index contributed by atoms with van der Waals surface area (Å²) in [6, 6.07) is 7.76. The third kappa shape index (κ3) is 5.18. The van der Waals surface area contributed by atoms with E-state index in [4.69, 9.17) is 5.11 Å². The van der Waals surface area contributed by atoms with Gasteiger partial charge in [0.15, 0.2) is 0 Å². The van der Waals surface area contributed by atoms with Gasteiger partial charge in [-0.05, 0) is 49.5 Å². The van der Waals surface area contributed by atoms with Gasteiger partial charge >= 0.3 is 5.97 Å². The average molecular weight is 354 g/mol. The average Bonchev–Trinajstić information content (AvgIpc) is 2.55. The number of carbonyl (C=O) groups is 2. The van der Waals surface area contributed by atoms with Gasteiger partial charge in [-0.3, -0.25) is 9.59 Å². The van der Waals surface area contributed by atoms with Gasteiger partial charge < -0.3 is 10.0 Å². The van der Waals surface area contributed by atoms with Gasteiger partial charge in [0.25, 0.3) is 5.91 Å². The van der Waals surface area contributed by atoms with Crippen molar-refractivity contribution >= 4 is 35.4 Å². The summed E-state index contributed by atoms with van der Waals surface area (Å²) in [5, 5.41) is 8.83. The molecule has 23 heavy (non-hydrogen) atoms. The van der Waals surface area contributed by atoms with E-state index in [1.165, 1.54) is 23.5 Å². The minimum Gasteiger partial charge on any atom is -0.481 e. The Morgan fingerprint density at radius 1 is 1.22 bits per heavy atom. The molecular weight excluding hydrogens is 330 g/mol. The van der Waals surface area contributed by atoms with E-state index in [-0.39, 0.29) is 24.9 Å². The number of nitrogens with zero attached hydrogens (tertiary/aromatic N) is 1.